The molecule has 0 spiro atoms. The normalized spacial score (nSPS) is 17.4. The number of aromatic nitrogens is 2. The van der Waals surface area contributed by atoms with Crippen molar-refractivity contribution in [3.8, 4) is 0 Å². The van der Waals surface area contributed by atoms with Gasteiger partial charge < -0.3 is 9.88 Å². The minimum Gasteiger partial charge on any atom is -0.353 e. The number of nitrogens with zero attached hydrogens (tertiary/aromatic N) is 2. The van der Waals surface area contributed by atoms with Crippen molar-refractivity contribution in [3.63, 3.8) is 0 Å². The van der Waals surface area contributed by atoms with Gasteiger partial charge >= 0.3 is 0 Å². The van der Waals surface area contributed by atoms with Gasteiger partial charge in [0.15, 0.2) is 0 Å². The van der Waals surface area contributed by atoms with Gasteiger partial charge in [0.2, 0.25) is 5.95 Å². The minimum atomic E-state index is 0.551. The Kier molecular flexibility index (Phi) is 3.86. The van der Waals surface area contributed by atoms with Gasteiger partial charge in [-0.3, -0.25) is 0 Å². The number of rotatable bonds is 7. The fraction of sp³-hybridized carbons (Fsp3) is 0.769. The summed E-state index contributed by atoms with van der Waals surface area (Å²) in [5, 5.41) is 3.52. The van der Waals surface area contributed by atoms with Crippen molar-refractivity contribution in [2.75, 3.05) is 5.32 Å². The molecule has 0 amide bonds. The second-order valence-corrected chi connectivity index (χ2v) is 5.02. The Morgan fingerprint density at radius 2 is 2.38 bits per heavy atom. The van der Waals surface area contributed by atoms with E-state index in [1.807, 2.05) is 6.20 Å². The molecule has 0 bridgehead atoms. The predicted octanol–water partition coefficient (Wildman–Crippen LogP) is 3.28. The Morgan fingerprint density at radius 3 is 3.06 bits per heavy atom. The molecule has 1 aliphatic carbocycles. The van der Waals surface area contributed by atoms with Gasteiger partial charge in [0.1, 0.15) is 0 Å². The van der Waals surface area contributed by atoms with Gasteiger partial charge in [0.05, 0.1) is 0 Å². The van der Waals surface area contributed by atoms with E-state index in [2.05, 4.69) is 34.9 Å². The number of aryl methyl sites for hydroxylation is 1. The molecule has 1 aliphatic rings. The highest BCUT2D eigenvalue weighted by molar-refractivity contribution is 5.27. The molecule has 1 N–H and O–H groups in total. The molecule has 16 heavy (non-hydrogen) atoms. The monoisotopic (exact) mass is 221 g/mol. The average molecular weight is 221 g/mol. The maximum Gasteiger partial charge on any atom is 0.202 e. The van der Waals surface area contributed by atoms with Crippen LogP contribution in [0.4, 0.5) is 5.95 Å². The van der Waals surface area contributed by atoms with Gasteiger partial charge in [-0.2, -0.15) is 0 Å². The molecule has 1 unspecified atom stereocenters. The number of hydrogen-bond donors (Lipinski definition) is 1. The van der Waals surface area contributed by atoms with Crippen LogP contribution >= 0.6 is 0 Å². The van der Waals surface area contributed by atoms with Crippen LogP contribution in [0.25, 0.3) is 0 Å². The molecular formula is C13H23N3. The second kappa shape index (κ2) is 5.37. The van der Waals surface area contributed by atoms with Crippen LogP contribution in [0.3, 0.4) is 0 Å². The maximum atomic E-state index is 4.39. The summed E-state index contributed by atoms with van der Waals surface area (Å²) < 4.78 is 2.23. The molecule has 1 saturated carbocycles. The third-order valence-electron chi connectivity index (χ3n) is 3.23. The minimum absolute atomic E-state index is 0.551. The highest BCUT2D eigenvalue weighted by atomic mass is 15.2. The summed E-state index contributed by atoms with van der Waals surface area (Å²) in [6.45, 7) is 5.56. The zero-order valence-corrected chi connectivity index (χ0v) is 10.4. The summed E-state index contributed by atoms with van der Waals surface area (Å²) in [6, 6.07) is 0.551. The molecule has 1 fully saturated rings. The summed E-state index contributed by atoms with van der Waals surface area (Å²) in [5.74, 6) is 2.02. The van der Waals surface area contributed by atoms with Crippen LogP contribution in [-0.2, 0) is 6.54 Å². The maximum absolute atomic E-state index is 4.39. The predicted molar refractivity (Wildman–Crippen MR) is 67.6 cm³/mol. The van der Waals surface area contributed by atoms with Gasteiger partial charge in [-0.1, -0.05) is 26.2 Å². The van der Waals surface area contributed by atoms with Gasteiger partial charge in [0, 0.05) is 25.0 Å². The summed E-state index contributed by atoms with van der Waals surface area (Å²) in [6.07, 6.45) is 10.6. The van der Waals surface area contributed by atoms with Crippen LogP contribution in [0.1, 0.15) is 46.0 Å². The van der Waals surface area contributed by atoms with Crippen LogP contribution in [0.2, 0.25) is 0 Å². The second-order valence-electron chi connectivity index (χ2n) is 5.02. The van der Waals surface area contributed by atoms with Crippen LogP contribution in [0.5, 0.6) is 0 Å². The summed E-state index contributed by atoms with van der Waals surface area (Å²) in [4.78, 5) is 4.39. The highest BCUT2D eigenvalue weighted by Gasteiger charge is 2.23. The quantitative estimate of drug-likeness (QED) is 0.765. The number of nitrogens with one attached hydrogen (secondary N) is 1. The lowest BCUT2D eigenvalue weighted by Crippen LogP contribution is -2.19. The van der Waals surface area contributed by atoms with Gasteiger partial charge in [-0.15, -0.1) is 0 Å². The molecule has 1 aromatic heterocycles. The Balaban J connectivity index is 1.84. The molecule has 1 atom stereocenters. The first kappa shape index (κ1) is 11.5. The molecule has 0 aliphatic heterocycles. The van der Waals surface area contributed by atoms with Crippen molar-refractivity contribution in [1.29, 1.82) is 0 Å². The topological polar surface area (TPSA) is 29.9 Å². The van der Waals surface area contributed by atoms with E-state index >= 15 is 0 Å². The van der Waals surface area contributed by atoms with Gasteiger partial charge in [-0.05, 0) is 25.7 Å². The average Bonchev–Trinajstić information content (AvgIpc) is 2.95. The fourth-order valence-corrected chi connectivity index (χ4v) is 2.09. The lowest BCUT2D eigenvalue weighted by Gasteiger charge is -2.15. The van der Waals surface area contributed by atoms with Crippen LogP contribution < -0.4 is 5.32 Å². The number of hydrogen-bond acceptors (Lipinski definition) is 2. The van der Waals surface area contributed by atoms with Gasteiger partial charge in [-0.25, -0.2) is 4.98 Å². The van der Waals surface area contributed by atoms with E-state index in [4.69, 9.17) is 0 Å². The van der Waals surface area contributed by atoms with E-state index in [0.29, 0.717) is 6.04 Å². The zero-order chi connectivity index (χ0) is 11.4. The third kappa shape index (κ3) is 3.26. The first-order valence-corrected chi connectivity index (χ1v) is 6.57. The van der Waals surface area contributed by atoms with Gasteiger partial charge in [0.25, 0.3) is 0 Å². The summed E-state index contributed by atoms with van der Waals surface area (Å²) >= 11 is 0. The van der Waals surface area contributed by atoms with Crippen molar-refractivity contribution in [3.05, 3.63) is 12.4 Å². The van der Waals surface area contributed by atoms with Crippen LogP contribution in [0.15, 0.2) is 12.4 Å². The lowest BCUT2D eigenvalue weighted by molar-refractivity contribution is 0.606. The first-order valence-electron chi connectivity index (χ1n) is 6.57. The van der Waals surface area contributed by atoms with Crippen molar-refractivity contribution in [1.82, 2.24) is 9.55 Å². The SMILES string of the molecule is CCCCn1ccnc1NC(C)CC1CC1. The van der Waals surface area contributed by atoms with Crippen molar-refractivity contribution < 1.29 is 0 Å². The molecule has 0 aromatic carbocycles. The van der Waals surface area contributed by atoms with Crippen molar-refractivity contribution in [2.24, 2.45) is 5.92 Å². The number of anilines is 1. The largest absolute Gasteiger partial charge is 0.353 e. The Labute approximate surface area is 98.3 Å². The molecule has 0 saturated heterocycles. The Bertz CT molecular complexity index is 315. The molecule has 3 nitrogen and oxygen atoms in total. The lowest BCUT2D eigenvalue weighted by atomic mass is 10.2. The van der Waals surface area contributed by atoms with E-state index in [1.54, 1.807) is 0 Å². The first-order chi connectivity index (χ1) is 7.79. The van der Waals surface area contributed by atoms with Crippen molar-refractivity contribution >= 4 is 5.95 Å². The van der Waals surface area contributed by atoms with E-state index in [9.17, 15) is 0 Å². The molecule has 3 heteroatoms. The molecule has 1 heterocycles. The van der Waals surface area contributed by atoms with Crippen molar-refractivity contribution in [2.45, 2.75) is 58.5 Å². The summed E-state index contributed by atoms with van der Waals surface area (Å²) in [7, 11) is 0. The fourth-order valence-electron chi connectivity index (χ4n) is 2.09. The van der Waals surface area contributed by atoms with E-state index in [1.165, 1.54) is 32.1 Å². The molecule has 90 valence electrons. The smallest absolute Gasteiger partial charge is 0.202 e. The number of unbranched alkanes of at least 4 members (excludes halogenated alkanes) is 1. The number of imidazole rings is 1. The van der Waals surface area contributed by atoms with E-state index in [-0.39, 0.29) is 0 Å². The summed E-state index contributed by atoms with van der Waals surface area (Å²) in [5.41, 5.74) is 0. The molecular weight excluding hydrogens is 198 g/mol. The van der Waals surface area contributed by atoms with Crippen LogP contribution in [-0.4, -0.2) is 15.6 Å². The van der Waals surface area contributed by atoms with Crippen LogP contribution in [0, 0.1) is 5.92 Å². The zero-order valence-electron chi connectivity index (χ0n) is 10.4. The Morgan fingerprint density at radius 1 is 1.56 bits per heavy atom. The highest BCUT2D eigenvalue weighted by Crippen LogP contribution is 2.33. The molecule has 1 aromatic rings. The molecule has 0 radical (unpaired) electrons. The van der Waals surface area contributed by atoms with E-state index < -0.39 is 0 Å². The third-order valence-corrected chi connectivity index (χ3v) is 3.23. The van der Waals surface area contributed by atoms with E-state index in [0.717, 1.165) is 18.4 Å². The Hall–Kier alpha value is -0.990. The molecule has 2 rings (SSSR count). The standard InChI is InChI=1S/C13H23N3/c1-3-4-8-16-9-7-14-13(16)15-11(2)10-12-5-6-12/h7,9,11-12H,3-6,8,10H2,1-2H3,(H,14,15).